The van der Waals surface area contributed by atoms with Crippen LogP contribution in [0.1, 0.15) is 12.6 Å². The van der Waals surface area contributed by atoms with Gasteiger partial charge in [-0.05, 0) is 17.7 Å². The number of esters is 2. The molecule has 3 aromatic rings. The van der Waals surface area contributed by atoms with Crippen LogP contribution in [0.25, 0.3) is 5.65 Å². The number of hydrogen-bond acceptors (Lipinski definition) is 14. The van der Waals surface area contributed by atoms with Crippen LogP contribution >= 0.6 is 34.9 Å². The molecule has 0 spiro atoms. The molecule has 14 nitrogen and oxygen atoms in total. The number of ether oxygens (including phenoxy) is 2. The monoisotopic (exact) mass is 617 g/mol. The summed E-state index contributed by atoms with van der Waals surface area (Å²) in [6, 6.07) is 4.73. The molecule has 3 aromatic heterocycles. The molecule has 2 atom stereocenters. The number of fused-ring (bicyclic) bond motifs is 2. The van der Waals surface area contributed by atoms with Crippen molar-refractivity contribution in [2.45, 2.75) is 23.4 Å². The van der Waals surface area contributed by atoms with Crippen molar-refractivity contribution in [1.29, 1.82) is 0 Å². The molecule has 2 aliphatic rings. The highest BCUT2D eigenvalue weighted by molar-refractivity contribution is 8.01. The lowest BCUT2D eigenvalue weighted by atomic mass is 10.0. The van der Waals surface area contributed by atoms with E-state index in [1.54, 1.807) is 11.6 Å². The number of hydrogen-bond donors (Lipinski definition) is 2. The number of nitrogens with two attached hydrogens (primary N) is 1. The lowest BCUT2D eigenvalue weighted by molar-refractivity contribution is -0.166. The summed E-state index contributed by atoms with van der Waals surface area (Å²) in [5.74, 6) is -1.88. The fraction of sp³-hybridized carbons (Fsp3) is 0.292. The summed E-state index contributed by atoms with van der Waals surface area (Å²) in [6.07, 6.45) is 3.52. The van der Waals surface area contributed by atoms with Crippen LogP contribution < -0.4 is 11.1 Å². The van der Waals surface area contributed by atoms with E-state index in [1.165, 1.54) is 42.5 Å². The van der Waals surface area contributed by atoms with Crippen LogP contribution in [0.4, 0.5) is 5.13 Å². The zero-order valence-corrected chi connectivity index (χ0v) is 24.1. The summed E-state index contributed by atoms with van der Waals surface area (Å²) in [4.78, 5) is 65.2. The molecule has 1 saturated heterocycles. The van der Waals surface area contributed by atoms with Crippen LogP contribution in [0.3, 0.4) is 0 Å². The predicted molar refractivity (Wildman–Crippen MR) is 151 cm³/mol. The van der Waals surface area contributed by atoms with Gasteiger partial charge < -0.3 is 25.4 Å². The minimum Gasteiger partial charge on any atom is -0.428 e. The van der Waals surface area contributed by atoms with E-state index in [4.69, 9.17) is 20.0 Å². The van der Waals surface area contributed by atoms with E-state index in [0.29, 0.717) is 17.1 Å². The lowest BCUT2D eigenvalue weighted by Gasteiger charge is -2.49. The number of anilines is 1. The first-order valence-electron chi connectivity index (χ1n) is 11.9. The van der Waals surface area contributed by atoms with Crippen molar-refractivity contribution >= 4 is 75.1 Å². The number of imidazole rings is 1. The average Bonchev–Trinajstić information content (AvgIpc) is 3.61. The molecule has 214 valence electrons. The second kappa shape index (κ2) is 12.2. The van der Waals surface area contributed by atoms with Gasteiger partial charge in [-0.25, -0.2) is 14.8 Å². The largest absolute Gasteiger partial charge is 0.428 e. The minimum absolute atomic E-state index is 0.0553. The molecular weight excluding hydrogens is 595 g/mol. The number of amides is 2. The number of carbonyl (C=O) groups excluding carboxylic acids is 4. The molecule has 41 heavy (non-hydrogen) atoms. The maximum atomic E-state index is 13.4. The number of thioether (sulfide) groups is 2. The third kappa shape index (κ3) is 5.86. The molecule has 0 bridgehead atoms. The number of pyridine rings is 1. The number of thiazole rings is 1. The summed E-state index contributed by atoms with van der Waals surface area (Å²) < 4.78 is 11.8. The molecule has 2 aliphatic heterocycles. The van der Waals surface area contributed by atoms with E-state index in [0.717, 1.165) is 22.0 Å². The Labute approximate surface area is 245 Å². The van der Waals surface area contributed by atoms with Crippen LogP contribution in [0.2, 0.25) is 0 Å². The van der Waals surface area contributed by atoms with Gasteiger partial charge in [-0.2, -0.15) is 0 Å². The molecule has 3 N–H and O–H groups in total. The number of nitrogens with zero attached hydrogens (tertiary/aromatic N) is 5. The Balaban J connectivity index is 1.36. The van der Waals surface area contributed by atoms with E-state index in [2.05, 4.69) is 20.4 Å². The summed E-state index contributed by atoms with van der Waals surface area (Å²) in [7, 11) is 1.28. The first-order chi connectivity index (χ1) is 19.8. The Morgan fingerprint density at radius 3 is 2.85 bits per heavy atom. The highest BCUT2D eigenvalue weighted by Gasteiger charge is 2.54. The summed E-state index contributed by atoms with van der Waals surface area (Å²) in [5, 5.41) is 8.51. The van der Waals surface area contributed by atoms with Gasteiger partial charge >= 0.3 is 11.9 Å². The van der Waals surface area contributed by atoms with Crippen LogP contribution in [0.5, 0.6) is 0 Å². The van der Waals surface area contributed by atoms with Crippen molar-refractivity contribution in [2.24, 2.45) is 5.16 Å². The topological polar surface area (TPSA) is 180 Å². The van der Waals surface area contributed by atoms with Crippen LogP contribution in [-0.2, 0) is 33.5 Å². The average molecular weight is 618 g/mol. The van der Waals surface area contributed by atoms with Crippen molar-refractivity contribution in [3.63, 3.8) is 0 Å². The first-order valence-corrected chi connectivity index (χ1v) is 14.8. The Kier molecular flexibility index (Phi) is 8.46. The van der Waals surface area contributed by atoms with Crippen molar-refractivity contribution in [3.05, 3.63) is 52.9 Å². The Hall–Kier alpha value is -4.09. The van der Waals surface area contributed by atoms with Crippen molar-refractivity contribution in [2.75, 3.05) is 31.1 Å². The number of β-lactam (4-membered cyclic amide) rings is 1. The molecule has 2 amide bonds. The fourth-order valence-electron chi connectivity index (χ4n) is 4.12. The fourth-order valence-corrected chi connectivity index (χ4v) is 7.17. The van der Waals surface area contributed by atoms with Crippen LogP contribution in [0.15, 0.2) is 57.4 Å². The third-order valence-electron chi connectivity index (χ3n) is 5.93. The van der Waals surface area contributed by atoms with Gasteiger partial charge in [0.2, 0.25) is 6.79 Å². The molecule has 5 rings (SSSR count). The second-order valence-corrected chi connectivity index (χ2v) is 11.5. The van der Waals surface area contributed by atoms with Gasteiger partial charge in [0.25, 0.3) is 11.8 Å². The number of nitrogen functional groups attached to an aromatic ring is 1. The van der Waals surface area contributed by atoms with E-state index < -0.39 is 42.0 Å². The highest BCUT2D eigenvalue weighted by Crippen LogP contribution is 2.42. The van der Waals surface area contributed by atoms with Gasteiger partial charge in [0, 0.05) is 36.2 Å². The van der Waals surface area contributed by atoms with Crippen LogP contribution in [-0.4, -0.2) is 85.6 Å². The highest BCUT2D eigenvalue weighted by atomic mass is 32.2. The Morgan fingerprint density at radius 2 is 2.12 bits per heavy atom. The van der Waals surface area contributed by atoms with Gasteiger partial charge in [-0.3, -0.25) is 23.7 Å². The zero-order valence-electron chi connectivity index (χ0n) is 21.6. The van der Waals surface area contributed by atoms with E-state index >= 15 is 0 Å². The van der Waals surface area contributed by atoms with Crippen LogP contribution in [0, 0.1) is 0 Å². The molecule has 17 heteroatoms. The molecule has 5 heterocycles. The van der Waals surface area contributed by atoms with Gasteiger partial charge in [-0.1, -0.05) is 11.2 Å². The zero-order chi connectivity index (χ0) is 29.1. The maximum absolute atomic E-state index is 13.4. The predicted octanol–water partition coefficient (Wildman–Crippen LogP) is 1.23. The van der Waals surface area contributed by atoms with E-state index in [1.807, 2.05) is 28.8 Å². The Bertz CT molecular complexity index is 1580. The first kappa shape index (κ1) is 28.4. The summed E-state index contributed by atoms with van der Waals surface area (Å²) >= 11 is 3.98. The second-order valence-electron chi connectivity index (χ2n) is 8.50. The normalized spacial score (nSPS) is 18.5. The lowest BCUT2D eigenvalue weighted by Crippen LogP contribution is -2.71. The van der Waals surface area contributed by atoms with Gasteiger partial charge in [0.1, 0.15) is 35.6 Å². The smallest absolute Gasteiger partial charge is 0.357 e. The van der Waals surface area contributed by atoms with Crippen molar-refractivity contribution in [3.8, 4) is 0 Å². The molecule has 1 unspecified atom stereocenters. The molecule has 0 radical (unpaired) electrons. The third-order valence-corrected chi connectivity index (χ3v) is 9.06. The number of carbonyl (C=O) groups is 4. The molecule has 0 aliphatic carbocycles. The maximum Gasteiger partial charge on any atom is 0.357 e. The summed E-state index contributed by atoms with van der Waals surface area (Å²) in [6.45, 7) is 0.590. The quantitative estimate of drug-likeness (QED) is 0.0831. The van der Waals surface area contributed by atoms with Crippen molar-refractivity contribution in [1.82, 2.24) is 24.6 Å². The molecular formula is C24H23N7O7S3. The van der Waals surface area contributed by atoms with Gasteiger partial charge in [-0.15, -0.1) is 34.9 Å². The molecule has 1 fully saturated rings. The van der Waals surface area contributed by atoms with Crippen molar-refractivity contribution < 1.29 is 33.5 Å². The number of oxime groups is 1. The molecule has 0 saturated carbocycles. The van der Waals surface area contributed by atoms with Gasteiger partial charge in [0.15, 0.2) is 10.8 Å². The number of rotatable bonds is 10. The molecule has 0 aromatic carbocycles. The SMILES string of the molecule is CO/N=C(\C(=O)NC1C(=O)N2C(C(=O)OCOC(C)=O)=C(CSc3cccc4nccn34)CS[C@@H]12)c1csc(N)n1. The minimum atomic E-state index is -0.948. The number of nitrogens with one attached hydrogen (secondary N) is 1. The van der Waals surface area contributed by atoms with E-state index in [9.17, 15) is 19.2 Å². The number of aromatic nitrogens is 3. The van der Waals surface area contributed by atoms with E-state index in [-0.39, 0.29) is 22.2 Å². The van der Waals surface area contributed by atoms with Gasteiger partial charge in [0.05, 0.1) is 5.03 Å². The summed E-state index contributed by atoms with van der Waals surface area (Å²) in [5.41, 5.74) is 7.23. The standard InChI is InChI=1S/C24H23N7O7S3/c1-12(32)37-11-38-23(35)19-13(8-39-16-5-3-4-15-26-6-7-30(15)16)9-40-22-18(21(34)31(19)22)28-20(33)17(29-36-2)14-10-41-24(25)27-14/h3-7,10,18,22H,8-9,11H2,1-2H3,(H2,25,27)(H,28,33)/b29-17-/t18?,22-/m0/s1. The Morgan fingerprint density at radius 1 is 1.29 bits per heavy atom.